The van der Waals surface area contributed by atoms with E-state index in [0.29, 0.717) is 22.8 Å². The Labute approximate surface area is 156 Å². The van der Waals surface area contributed by atoms with E-state index in [1.807, 2.05) is 55.5 Å². The number of benzene rings is 2. The molecule has 2 aromatic carbocycles. The molecule has 0 radical (unpaired) electrons. The summed E-state index contributed by atoms with van der Waals surface area (Å²) < 4.78 is 10.6. The zero-order valence-corrected chi connectivity index (χ0v) is 14.7. The maximum atomic E-state index is 12.4. The summed E-state index contributed by atoms with van der Waals surface area (Å²) in [6.45, 7) is 2.03. The molecular weight excluding hydrogens is 342 g/mol. The van der Waals surface area contributed by atoms with E-state index in [1.165, 1.54) is 0 Å². The summed E-state index contributed by atoms with van der Waals surface area (Å²) in [6.07, 6.45) is 1.56. The van der Waals surface area contributed by atoms with Gasteiger partial charge in [0.2, 0.25) is 6.79 Å². The summed E-state index contributed by atoms with van der Waals surface area (Å²) in [5.41, 5.74) is 6.30. The molecule has 1 aliphatic heterocycles. The van der Waals surface area contributed by atoms with Crippen molar-refractivity contribution >= 4 is 12.1 Å². The van der Waals surface area contributed by atoms with Crippen LogP contribution in [0.25, 0.3) is 11.3 Å². The third-order valence-corrected chi connectivity index (χ3v) is 4.18. The number of ether oxygens (including phenoxy) is 2. The number of nitrogens with one attached hydrogen (secondary N) is 1. The number of hydrogen-bond donors (Lipinski definition) is 1. The first-order valence-corrected chi connectivity index (χ1v) is 8.47. The molecule has 4 rings (SSSR count). The van der Waals surface area contributed by atoms with Crippen molar-refractivity contribution in [1.82, 2.24) is 10.4 Å². The van der Waals surface area contributed by atoms with Crippen LogP contribution in [0, 0.1) is 6.92 Å². The minimum atomic E-state index is -0.309. The third kappa shape index (κ3) is 3.64. The van der Waals surface area contributed by atoms with Crippen LogP contribution in [0.1, 0.15) is 21.6 Å². The molecule has 0 saturated heterocycles. The fourth-order valence-corrected chi connectivity index (χ4v) is 2.79. The molecule has 0 atom stereocenters. The molecule has 0 aliphatic carbocycles. The van der Waals surface area contributed by atoms with E-state index in [2.05, 4.69) is 15.5 Å². The molecule has 3 aromatic rings. The van der Waals surface area contributed by atoms with Gasteiger partial charge in [0.05, 0.1) is 23.2 Å². The van der Waals surface area contributed by atoms with E-state index >= 15 is 0 Å². The number of carbonyl (C=O) groups is 1. The SMILES string of the molecule is Cc1nc(-c2ccccc2)ccc1C(=O)NN=Cc1ccc2c(c1)OCO2. The van der Waals surface area contributed by atoms with Gasteiger partial charge in [-0.15, -0.1) is 0 Å². The van der Waals surface area contributed by atoms with Gasteiger partial charge in [-0.25, -0.2) is 5.43 Å². The summed E-state index contributed by atoms with van der Waals surface area (Å²) in [5, 5.41) is 4.02. The number of hydrazone groups is 1. The van der Waals surface area contributed by atoms with Crippen LogP contribution >= 0.6 is 0 Å². The lowest BCUT2D eigenvalue weighted by molar-refractivity contribution is 0.0954. The molecule has 1 aromatic heterocycles. The fraction of sp³-hybridized carbons (Fsp3) is 0.0952. The highest BCUT2D eigenvalue weighted by molar-refractivity contribution is 5.96. The number of hydrogen-bond acceptors (Lipinski definition) is 5. The lowest BCUT2D eigenvalue weighted by atomic mass is 10.1. The van der Waals surface area contributed by atoms with Crippen LogP contribution in [-0.4, -0.2) is 23.9 Å². The van der Waals surface area contributed by atoms with Crippen molar-refractivity contribution in [2.45, 2.75) is 6.92 Å². The normalized spacial score (nSPS) is 12.3. The maximum absolute atomic E-state index is 12.4. The van der Waals surface area contributed by atoms with Crippen LogP contribution in [0.15, 0.2) is 65.8 Å². The number of fused-ring (bicyclic) bond motifs is 1. The fourth-order valence-electron chi connectivity index (χ4n) is 2.79. The molecule has 0 saturated carbocycles. The Bertz CT molecular complexity index is 1020. The summed E-state index contributed by atoms with van der Waals surface area (Å²) in [5.74, 6) is 1.06. The Morgan fingerprint density at radius 2 is 1.89 bits per heavy atom. The van der Waals surface area contributed by atoms with Gasteiger partial charge in [0.15, 0.2) is 11.5 Å². The average Bonchev–Trinajstić information content (AvgIpc) is 3.16. The lowest BCUT2D eigenvalue weighted by Crippen LogP contribution is -2.19. The number of amides is 1. The zero-order chi connectivity index (χ0) is 18.6. The number of aryl methyl sites for hydroxylation is 1. The van der Waals surface area contributed by atoms with E-state index in [0.717, 1.165) is 16.8 Å². The van der Waals surface area contributed by atoms with Gasteiger partial charge < -0.3 is 9.47 Å². The summed E-state index contributed by atoms with van der Waals surface area (Å²) in [4.78, 5) is 16.9. The second kappa shape index (κ2) is 7.29. The molecule has 1 N–H and O–H groups in total. The molecule has 6 heteroatoms. The van der Waals surface area contributed by atoms with Gasteiger partial charge in [0, 0.05) is 5.56 Å². The van der Waals surface area contributed by atoms with E-state index in [-0.39, 0.29) is 12.7 Å². The second-order valence-electron chi connectivity index (χ2n) is 6.01. The van der Waals surface area contributed by atoms with Crippen molar-refractivity contribution in [3.63, 3.8) is 0 Å². The van der Waals surface area contributed by atoms with Crippen LogP contribution in [0.2, 0.25) is 0 Å². The van der Waals surface area contributed by atoms with Crippen molar-refractivity contribution in [3.8, 4) is 22.8 Å². The highest BCUT2D eigenvalue weighted by atomic mass is 16.7. The van der Waals surface area contributed by atoms with Crippen LogP contribution in [0.4, 0.5) is 0 Å². The van der Waals surface area contributed by atoms with E-state index in [4.69, 9.17) is 9.47 Å². The van der Waals surface area contributed by atoms with Crippen LogP contribution < -0.4 is 14.9 Å². The average molecular weight is 359 g/mol. The molecule has 0 unspecified atom stereocenters. The monoisotopic (exact) mass is 359 g/mol. The van der Waals surface area contributed by atoms with Crippen molar-refractivity contribution in [3.05, 3.63) is 77.5 Å². The molecule has 6 nitrogen and oxygen atoms in total. The topological polar surface area (TPSA) is 72.8 Å². The first-order valence-electron chi connectivity index (χ1n) is 8.47. The summed E-state index contributed by atoms with van der Waals surface area (Å²) in [7, 11) is 0. The number of rotatable bonds is 4. The number of pyridine rings is 1. The lowest BCUT2D eigenvalue weighted by Gasteiger charge is -2.07. The predicted molar refractivity (Wildman–Crippen MR) is 102 cm³/mol. The molecule has 2 heterocycles. The highest BCUT2D eigenvalue weighted by Crippen LogP contribution is 2.31. The number of carbonyl (C=O) groups excluding carboxylic acids is 1. The Morgan fingerprint density at radius 1 is 1.07 bits per heavy atom. The van der Waals surface area contributed by atoms with E-state index in [1.54, 1.807) is 18.3 Å². The number of nitrogens with zero attached hydrogens (tertiary/aromatic N) is 2. The third-order valence-electron chi connectivity index (χ3n) is 4.18. The van der Waals surface area contributed by atoms with Gasteiger partial charge >= 0.3 is 0 Å². The van der Waals surface area contributed by atoms with Crippen LogP contribution in [-0.2, 0) is 0 Å². The van der Waals surface area contributed by atoms with Gasteiger partial charge in [0.25, 0.3) is 5.91 Å². The Hall–Kier alpha value is -3.67. The molecule has 134 valence electrons. The van der Waals surface area contributed by atoms with Crippen molar-refractivity contribution in [2.24, 2.45) is 5.10 Å². The first-order chi connectivity index (χ1) is 13.2. The van der Waals surface area contributed by atoms with Crippen molar-refractivity contribution in [2.75, 3.05) is 6.79 Å². The molecule has 0 spiro atoms. The predicted octanol–water partition coefficient (Wildman–Crippen LogP) is 3.55. The quantitative estimate of drug-likeness (QED) is 0.571. The molecule has 27 heavy (non-hydrogen) atoms. The maximum Gasteiger partial charge on any atom is 0.273 e. The summed E-state index contributed by atoms with van der Waals surface area (Å²) in [6, 6.07) is 18.9. The first kappa shape index (κ1) is 16.8. The highest BCUT2D eigenvalue weighted by Gasteiger charge is 2.13. The molecule has 0 fully saturated rings. The van der Waals surface area contributed by atoms with Gasteiger partial charge in [-0.2, -0.15) is 5.10 Å². The molecular formula is C21H17N3O3. The molecule has 1 amide bonds. The van der Waals surface area contributed by atoms with E-state index < -0.39 is 0 Å². The second-order valence-corrected chi connectivity index (χ2v) is 6.01. The minimum absolute atomic E-state index is 0.220. The zero-order valence-electron chi connectivity index (χ0n) is 14.7. The Balaban J connectivity index is 1.45. The van der Waals surface area contributed by atoms with Gasteiger partial charge in [0.1, 0.15) is 0 Å². The molecule has 1 aliphatic rings. The van der Waals surface area contributed by atoms with Gasteiger partial charge in [-0.3, -0.25) is 9.78 Å². The standard InChI is InChI=1S/C21H17N3O3/c1-14-17(8-9-18(23-14)16-5-3-2-4-6-16)21(25)24-22-12-15-7-10-19-20(11-15)27-13-26-19/h2-12H,13H2,1H3,(H,24,25). The van der Waals surface area contributed by atoms with E-state index in [9.17, 15) is 4.79 Å². The van der Waals surface area contributed by atoms with Gasteiger partial charge in [-0.1, -0.05) is 30.3 Å². The Kier molecular flexibility index (Phi) is 4.53. The smallest absolute Gasteiger partial charge is 0.273 e. The minimum Gasteiger partial charge on any atom is -0.454 e. The van der Waals surface area contributed by atoms with Crippen LogP contribution in [0.3, 0.4) is 0 Å². The summed E-state index contributed by atoms with van der Waals surface area (Å²) >= 11 is 0. The van der Waals surface area contributed by atoms with Crippen molar-refractivity contribution in [1.29, 1.82) is 0 Å². The van der Waals surface area contributed by atoms with Gasteiger partial charge in [-0.05, 0) is 42.8 Å². The Morgan fingerprint density at radius 3 is 2.70 bits per heavy atom. The molecule has 0 bridgehead atoms. The number of aromatic nitrogens is 1. The largest absolute Gasteiger partial charge is 0.454 e. The van der Waals surface area contributed by atoms with Crippen molar-refractivity contribution < 1.29 is 14.3 Å². The van der Waals surface area contributed by atoms with Crippen LogP contribution in [0.5, 0.6) is 11.5 Å².